The minimum Gasteiger partial charge on any atom is -0.378 e. The molecular weight excluding hydrogens is 344 g/mol. The molecule has 1 aromatic carbocycles. The zero-order valence-electron chi connectivity index (χ0n) is 14.8. The quantitative estimate of drug-likeness (QED) is 0.811. The lowest BCUT2D eigenvalue weighted by atomic mass is 10.3. The van der Waals surface area contributed by atoms with Crippen LogP contribution in [0.5, 0.6) is 0 Å². The molecule has 1 aromatic rings. The molecule has 1 saturated heterocycles. The van der Waals surface area contributed by atoms with Crippen molar-refractivity contribution in [3.8, 4) is 0 Å². The van der Waals surface area contributed by atoms with Crippen LogP contribution in [0.2, 0.25) is 5.02 Å². The van der Waals surface area contributed by atoms with E-state index in [0.717, 1.165) is 36.9 Å². The molecule has 25 heavy (non-hydrogen) atoms. The van der Waals surface area contributed by atoms with E-state index < -0.39 is 0 Å². The monoisotopic (exact) mass is 372 g/mol. The number of ether oxygens (including phenoxy) is 4. The number of anilines is 1. The lowest BCUT2D eigenvalue weighted by Crippen LogP contribution is -2.32. The normalized spacial score (nSPS) is 20.6. The van der Waals surface area contributed by atoms with E-state index in [4.69, 9.17) is 30.5 Å². The van der Waals surface area contributed by atoms with Crippen LogP contribution in [-0.4, -0.2) is 79.0 Å². The number of nitrogens with zero attached hydrogens (tertiary/aromatic N) is 1. The fraction of sp³-hybridized carbons (Fsp3) is 0.667. The molecule has 1 heterocycles. The summed E-state index contributed by atoms with van der Waals surface area (Å²) in [6.45, 7) is 8.26. The van der Waals surface area contributed by atoms with Crippen molar-refractivity contribution in [1.29, 1.82) is 0 Å². The molecule has 1 N–H and O–H groups in total. The maximum atomic E-state index is 6.12. The van der Waals surface area contributed by atoms with Gasteiger partial charge in [-0.2, -0.15) is 0 Å². The molecule has 142 valence electrons. The zero-order chi connectivity index (χ0) is 17.6. The molecule has 2 rings (SSSR count). The van der Waals surface area contributed by atoms with Crippen LogP contribution >= 0.6 is 11.6 Å². The first-order valence-corrected chi connectivity index (χ1v) is 9.26. The Morgan fingerprint density at radius 1 is 0.760 bits per heavy atom. The van der Waals surface area contributed by atoms with Gasteiger partial charge >= 0.3 is 0 Å². The van der Waals surface area contributed by atoms with E-state index in [1.165, 1.54) is 0 Å². The van der Waals surface area contributed by atoms with Gasteiger partial charge in [-0.15, -0.1) is 0 Å². The molecule has 0 radical (unpaired) electrons. The second kappa shape index (κ2) is 13.3. The highest BCUT2D eigenvalue weighted by atomic mass is 35.5. The van der Waals surface area contributed by atoms with Crippen molar-refractivity contribution in [2.45, 2.75) is 0 Å². The van der Waals surface area contributed by atoms with Crippen LogP contribution in [0.25, 0.3) is 0 Å². The average Bonchev–Trinajstić information content (AvgIpc) is 2.62. The fourth-order valence-corrected chi connectivity index (χ4v) is 2.63. The number of hydrogen-bond acceptors (Lipinski definition) is 6. The van der Waals surface area contributed by atoms with Gasteiger partial charge in [0.05, 0.1) is 52.9 Å². The molecule has 0 aromatic heterocycles. The summed E-state index contributed by atoms with van der Waals surface area (Å²) in [6, 6.07) is 7.86. The van der Waals surface area contributed by atoms with Gasteiger partial charge in [0.15, 0.2) is 0 Å². The predicted octanol–water partition coefficient (Wildman–Crippen LogP) is 1.82. The average molecular weight is 373 g/mol. The molecule has 0 amide bonds. The van der Waals surface area contributed by atoms with Crippen molar-refractivity contribution < 1.29 is 18.9 Å². The number of benzene rings is 1. The van der Waals surface area contributed by atoms with Crippen molar-refractivity contribution in [2.75, 3.05) is 83.9 Å². The van der Waals surface area contributed by atoms with Gasteiger partial charge in [-0.3, -0.25) is 0 Å². The zero-order valence-corrected chi connectivity index (χ0v) is 15.5. The van der Waals surface area contributed by atoms with E-state index in [-0.39, 0.29) is 0 Å². The Morgan fingerprint density at radius 3 is 1.88 bits per heavy atom. The largest absolute Gasteiger partial charge is 0.378 e. The van der Waals surface area contributed by atoms with E-state index in [2.05, 4.69) is 16.3 Å². The highest BCUT2D eigenvalue weighted by molar-refractivity contribution is 6.30. The van der Waals surface area contributed by atoms with Crippen molar-refractivity contribution in [3.05, 3.63) is 29.3 Å². The van der Waals surface area contributed by atoms with Crippen molar-refractivity contribution >= 4 is 17.3 Å². The molecular formula is C18H29ClN2O4. The number of halogens is 1. The summed E-state index contributed by atoms with van der Waals surface area (Å²) < 4.78 is 22.4. The molecule has 1 aliphatic heterocycles. The van der Waals surface area contributed by atoms with Gasteiger partial charge in [-0.25, -0.2) is 0 Å². The molecule has 1 aliphatic rings. The van der Waals surface area contributed by atoms with Crippen LogP contribution in [0.3, 0.4) is 0 Å². The van der Waals surface area contributed by atoms with Crippen LogP contribution in [0.1, 0.15) is 0 Å². The van der Waals surface area contributed by atoms with Gasteiger partial charge in [-0.1, -0.05) is 17.7 Å². The smallest absolute Gasteiger partial charge is 0.0701 e. The Labute approximate surface area is 155 Å². The first kappa shape index (κ1) is 20.4. The van der Waals surface area contributed by atoms with Crippen LogP contribution in [0.4, 0.5) is 5.69 Å². The molecule has 6 nitrogen and oxygen atoms in total. The lowest BCUT2D eigenvalue weighted by Gasteiger charge is -2.25. The number of rotatable bonds is 1. The van der Waals surface area contributed by atoms with Crippen LogP contribution in [0, 0.1) is 0 Å². The summed E-state index contributed by atoms with van der Waals surface area (Å²) >= 11 is 6.12. The standard InChI is InChI=1S/C18H29ClN2O4/c19-17-2-1-3-18(16-17)21-6-10-24-14-12-22-8-4-20-5-9-23-13-15-25-11-7-21/h1-3,16,20H,4-15H2. The second-order valence-electron chi connectivity index (χ2n) is 5.67. The SMILES string of the molecule is Clc1cccc(N2CCOCCOCCNCCOCCOCC2)c1. The lowest BCUT2D eigenvalue weighted by molar-refractivity contribution is 0.0409. The Balaban J connectivity index is 1.81. The highest BCUT2D eigenvalue weighted by Gasteiger charge is 2.07. The van der Waals surface area contributed by atoms with E-state index in [1.807, 2.05) is 18.2 Å². The Hall–Kier alpha value is -0.890. The Kier molecular flexibility index (Phi) is 10.9. The Morgan fingerprint density at radius 2 is 1.32 bits per heavy atom. The second-order valence-corrected chi connectivity index (χ2v) is 6.10. The minimum atomic E-state index is 0.600. The third-order valence-corrected chi connectivity index (χ3v) is 4.01. The number of nitrogens with one attached hydrogen (secondary N) is 1. The molecule has 7 heteroatoms. The van der Waals surface area contributed by atoms with Gasteiger partial charge in [0, 0.05) is 36.9 Å². The molecule has 0 aliphatic carbocycles. The van der Waals surface area contributed by atoms with E-state index >= 15 is 0 Å². The maximum Gasteiger partial charge on any atom is 0.0701 e. The first-order valence-electron chi connectivity index (χ1n) is 8.88. The summed E-state index contributed by atoms with van der Waals surface area (Å²) in [4.78, 5) is 2.22. The molecule has 0 atom stereocenters. The van der Waals surface area contributed by atoms with E-state index in [9.17, 15) is 0 Å². The molecule has 0 bridgehead atoms. The first-order chi connectivity index (χ1) is 12.4. The van der Waals surface area contributed by atoms with Gasteiger partial charge in [-0.05, 0) is 18.2 Å². The molecule has 0 unspecified atom stereocenters. The van der Waals surface area contributed by atoms with Crippen LogP contribution in [-0.2, 0) is 18.9 Å². The fourth-order valence-electron chi connectivity index (χ4n) is 2.45. The van der Waals surface area contributed by atoms with Crippen LogP contribution < -0.4 is 10.2 Å². The summed E-state index contributed by atoms with van der Waals surface area (Å²) in [5, 5.41) is 4.00. The minimum absolute atomic E-state index is 0.600. The summed E-state index contributed by atoms with van der Waals surface area (Å²) in [5.41, 5.74) is 1.08. The third-order valence-electron chi connectivity index (χ3n) is 3.77. The van der Waals surface area contributed by atoms with Gasteiger partial charge in [0.2, 0.25) is 0 Å². The molecule has 0 saturated carbocycles. The highest BCUT2D eigenvalue weighted by Crippen LogP contribution is 2.19. The Bertz CT molecular complexity index is 446. The predicted molar refractivity (Wildman–Crippen MR) is 99.8 cm³/mol. The summed E-state index contributed by atoms with van der Waals surface area (Å²) in [5.74, 6) is 0. The molecule has 0 spiro atoms. The van der Waals surface area contributed by atoms with E-state index in [0.29, 0.717) is 52.9 Å². The van der Waals surface area contributed by atoms with Gasteiger partial charge < -0.3 is 29.2 Å². The number of hydrogen-bond donors (Lipinski definition) is 1. The molecule has 1 fully saturated rings. The van der Waals surface area contributed by atoms with Gasteiger partial charge in [0.25, 0.3) is 0 Å². The van der Waals surface area contributed by atoms with Gasteiger partial charge in [0.1, 0.15) is 0 Å². The van der Waals surface area contributed by atoms with Crippen molar-refractivity contribution in [3.63, 3.8) is 0 Å². The third kappa shape index (κ3) is 9.39. The van der Waals surface area contributed by atoms with E-state index in [1.54, 1.807) is 0 Å². The van der Waals surface area contributed by atoms with Crippen molar-refractivity contribution in [2.24, 2.45) is 0 Å². The van der Waals surface area contributed by atoms with Crippen molar-refractivity contribution in [1.82, 2.24) is 5.32 Å². The summed E-state index contributed by atoms with van der Waals surface area (Å²) in [7, 11) is 0. The summed E-state index contributed by atoms with van der Waals surface area (Å²) in [6.07, 6.45) is 0. The topological polar surface area (TPSA) is 52.2 Å². The maximum absolute atomic E-state index is 6.12. The van der Waals surface area contributed by atoms with Crippen LogP contribution in [0.15, 0.2) is 24.3 Å².